The van der Waals surface area contributed by atoms with Crippen LogP contribution in [0.2, 0.25) is 0 Å². The summed E-state index contributed by atoms with van der Waals surface area (Å²) in [6.07, 6.45) is 4.44. The average molecular weight is 278 g/mol. The number of aromatic nitrogens is 1. The number of thiocarbonyl (C=S) groups is 1. The number of pyridine rings is 1. The van der Waals surface area contributed by atoms with Crippen LogP contribution in [0.4, 0.5) is 5.69 Å². The minimum absolute atomic E-state index is 0.341. The second-order valence-corrected chi connectivity index (χ2v) is 5.73. The van der Waals surface area contributed by atoms with Gasteiger partial charge in [0.1, 0.15) is 4.99 Å². The second kappa shape index (κ2) is 6.82. The van der Waals surface area contributed by atoms with Crippen molar-refractivity contribution in [3.63, 3.8) is 0 Å². The highest BCUT2D eigenvalue weighted by atomic mass is 32.1. The molecule has 19 heavy (non-hydrogen) atoms. The first kappa shape index (κ1) is 14.2. The molecule has 0 saturated carbocycles. The van der Waals surface area contributed by atoms with Gasteiger partial charge < -0.3 is 16.0 Å². The van der Waals surface area contributed by atoms with Crippen LogP contribution in [0.3, 0.4) is 0 Å². The molecule has 1 saturated heterocycles. The van der Waals surface area contributed by atoms with E-state index in [0.29, 0.717) is 16.6 Å². The Morgan fingerprint density at radius 2 is 2.26 bits per heavy atom. The fourth-order valence-electron chi connectivity index (χ4n) is 2.44. The first-order valence-electron chi connectivity index (χ1n) is 6.87. The van der Waals surface area contributed by atoms with Crippen molar-refractivity contribution in [2.24, 2.45) is 11.7 Å². The Morgan fingerprint density at radius 3 is 2.95 bits per heavy atom. The predicted molar refractivity (Wildman–Crippen MR) is 83.5 cm³/mol. The van der Waals surface area contributed by atoms with Crippen molar-refractivity contribution in [1.82, 2.24) is 9.88 Å². The van der Waals surface area contributed by atoms with Gasteiger partial charge in [-0.25, -0.2) is 0 Å². The van der Waals surface area contributed by atoms with Gasteiger partial charge in [-0.3, -0.25) is 4.98 Å². The van der Waals surface area contributed by atoms with E-state index in [9.17, 15) is 0 Å². The average Bonchev–Trinajstić information content (AvgIpc) is 2.89. The van der Waals surface area contributed by atoms with E-state index in [1.165, 1.54) is 32.5 Å². The van der Waals surface area contributed by atoms with Gasteiger partial charge in [0.25, 0.3) is 0 Å². The number of nitrogens with one attached hydrogen (secondary N) is 1. The second-order valence-electron chi connectivity index (χ2n) is 5.29. The maximum absolute atomic E-state index is 5.58. The first-order chi connectivity index (χ1) is 9.15. The molecule has 1 aromatic rings. The van der Waals surface area contributed by atoms with E-state index in [4.69, 9.17) is 18.0 Å². The summed E-state index contributed by atoms with van der Waals surface area (Å²) < 4.78 is 0. The highest BCUT2D eigenvalue weighted by Crippen LogP contribution is 2.12. The van der Waals surface area contributed by atoms with Crippen molar-refractivity contribution in [2.45, 2.75) is 19.8 Å². The van der Waals surface area contributed by atoms with Gasteiger partial charge in [-0.2, -0.15) is 0 Å². The van der Waals surface area contributed by atoms with Crippen LogP contribution >= 0.6 is 12.2 Å². The Kier molecular flexibility index (Phi) is 5.10. The van der Waals surface area contributed by atoms with Crippen LogP contribution in [0.1, 0.15) is 25.5 Å². The molecule has 1 unspecified atom stereocenters. The van der Waals surface area contributed by atoms with Crippen LogP contribution in [0.25, 0.3) is 0 Å². The molecule has 0 aliphatic carbocycles. The van der Waals surface area contributed by atoms with Gasteiger partial charge in [-0.1, -0.05) is 19.1 Å². The molecule has 0 amide bonds. The zero-order valence-electron chi connectivity index (χ0n) is 11.4. The Labute approximate surface area is 120 Å². The molecule has 1 aromatic heterocycles. The van der Waals surface area contributed by atoms with Crippen LogP contribution in [0.15, 0.2) is 18.3 Å². The molecule has 2 rings (SSSR count). The predicted octanol–water partition coefficient (Wildman–Crippen LogP) is 1.86. The van der Waals surface area contributed by atoms with Gasteiger partial charge in [0.15, 0.2) is 0 Å². The maximum Gasteiger partial charge on any atom is 0.122 e. The Morgan fingerprint density at radius 1 is 1.53 bits per heavy atom. The van der Waals surface area contributed by atoms with Crippen LogP contribution in [0, 0.1) is 5.92 Å². The van der Waals surface area contributed by atoms with Gasteiger partial charge in [-0.05, 0) is 44.0 Å². The molecule has 1 aliphatic heterocycles. The highest BCUT2D eigenvalue weighted by Gasteiger charge is 2.14. The SMILES string of the molecule is CC(CNc1ccnc(C(N)=S)c1)CN1CCCC1. The van der Waals surface area contributed by atoms with Gasteiger partial charge in [0.05, 0.1) is 5.69 Å². The first-order valence-corrected chi connectivity index (χ1v) is 7.28. The standard InChI is InChI=1S/C14H22N4S/c1-11(10-18-6-2-3-7-18)9-17-12-4-5-16-13(8-12)14(15)19/h4-5,8,11H,2-3,6-7,9-10H2,1H3,(H2,15,19)(H,16,17). The third-order valence-electron chi connectivity index (χ3n) is 3.44. The Hall–Kier alpha value is -1.20. The number of hydrogen-bond donors (Lipinski definition) is 2. The summed E-state index contributed by atoms with van der Waals surface area (Å²) in [5.41, 5.74) is 7.29. The summed E-state index contributed by atoms with van der Waals surface area (Å²) in [7, 11) is 0. The van der Waals surface area contributed by atoms with Crippen LogP contribution in [0.5, 0.6) is 0 Å². The summed E-state index contributed by atoms with van der Waals surface area (Å²) in [6.45, 7) is 6.91. The number of rotatable bonds is 6. The lowest BCUT2D eigenvalue weighted by Gasteiger charge is -2.20. The molecule has 1 atom stereocenters. The van der Waals surface area contributed by atoms with E-state index in [1.54, 1.807) is 6.20 Å². The minimum Gasteiger partial charge on any atom is -0.388 e. The number of anilines is 1. The molecule has 3 N–H and O–H groups in total. The Bertz CT molecular complexity index is 429. The molecule has 4 nitrogen and oxygen atoms in total. The normalized spacial score (nSPS) is 17.3. The van der Waals surface area contributed by atoms with E-state index in [-0.39, 0.29) is 0 Å². The number of hydrogen-bond acceptors (Lipinski definition) is 4. The fourth-order valence-corrected chi connectivity index (χ4v) is 2.55. The minimum atomic E-state index is 0.341. The lowest BCUT2D eigenvalue weighted by atomic mass is 10.1. The summed E-state index contributed by atoms with van der Waals surface area (Å²) in [4.78, 5) is 7.02. The van der Waals surface area contributed by atoms with Crippen LogP contribution in [-0.2, 0) is 0 Å². The number of nitrogens with two attached hydrogens (primary N) is 1. The highest BCUT2D eigenvalue weighted by molar-refractivity contribution is 7.80. The molecule has 0 spiro atoms. The van der Waals surface area contributed by atoms with E-state index in [1.807, 2.05) is 12.1 Å². The maximum atomic E-state index is 5.58. The summed E-state index contributed by atoms with van der Waals surface area (Å²) in [6, 6.07) is 3.86. The van der Waals surface area contributed by atoms with Crippen molar-refractivity contribution < 1.29 is 0 Å². The quantitative estimate of drug-likeness (QED) is 0.778. The molecule has 1 fully saturated rings. The van der Waals surface area contributed by atoms with Crippen molar-refractivity contribution in [3.05, 3.63) is 24.0 Å². The van der Waals surface area contributed by atoms with E-state index < -0.39 is 0 Å². The molecule has 0 radical (unpaired) electrons. The molecule has 2 heterocycles. The zero-order valence-corrected chi connectivity index (χ0v) is 12.2. The summed E-state index contributed by atoms with van der Waals surface area (Å²) in [5.74, 6) is 0.625. The molecule has 5 heteroatoms. The smallest absolute Gasteiger partial charge is 0.122 e. The number of nitrogens with zero attached hydrogens (tertiary/aromatic N) is 2. The van der Waals surface area contributed by atoms with Crippen molar-refractivity contribution >= 4 is 22.9 Å². The third kappa shape index (κ3) is 4.44. The van der Waals surface area contributed by atoms with E-state index >= 15 is 0 Å². The van der Waals surface area contributed by atoms with Gasteiger partial charge >= 0.3 is 0 Å². The molecular formula is C14H22N4S. The molecule has 104 valence electrons. The van der Waals surface area contributed by atoms with Crippen molar-refractivity contribution in [3.8, 4) is 0 Å². The van der Waals surface area contributed by atoms with Gasteiger partial charge in [0, 0.05) is 25.0 Å². The zero-order chi connectivity index (χ0) is 13.7. The molecule has 0 aromatic carbocycles. The van der Waals surface area contributed by atoms with Crippen LogP contribution in [-0.4, -0.2) is 41.1 Å². The fraction of sp³-hybridized carbons (Fsp3) is 0.571. The topological polar surface area (TPSA) is 54.2 Å². The van der Waals surface area contributed by atoms with Gasteiger partial charge in [0.2, 0.25) is 0 Å². The molecular weight excluding hydrogens is 256 g/mol. The van der Waals surface area contributed by atoms with Crippen molar-refractivity contribution in [1.29, 1.82) is 0 Å². The van der Waals surface area contributed by atoms with Crippen LogP contribution < -0.4 is 11.1 Å². The van der Waals surface area contributed by atoms with E-state index in [2.05, 4.69) is 22.1 Å². The molecule has 1 aliphatic rings. The lowest BCUT2D eigenvalue weighted by Crippen LogP contribution is -2.28. The lowest BCUT2D eigenvalue weighted by molar-refractivity contribution is 0.294. The van der Waals surface area contributed by atoms with Crippen molar-refractivity contribution in [2.75, 3.05) is 31.5 Å². The number of likely N-dealkylation sites (tertiary alicyclic amines) is 1. The summed E-state index contributed by atoms with van der Waals surface area (Å²) >= 11 is 4.93. The largest absolute Gasteiger partial charge is 0.388 e. The third-order valence-corrected chi connectivity index (χ3v) is 3.64. The monoisotopic (exact) mass is 278 g/mol. The van der Waals surface area contributed by atoms with Gasteiger partial charge in [-0.15, -0.1) is 0 Å². The Balaban J connectivity index is 1.80. The van der Waals surface area contributed by atoms with E-state index in [0.717, 1.165) is 12.2 Å². The molecule has 0 bridgehead atoms. The summed E-state index contributed by atoms with van der Waals surface area (Å²) in [5, 5.41) is 3.43.